The predicted octanol–water partition coefficient (Wildman–Crippen LogP) is 3.59. The van der Waals surface area contributed by atoms with Gasteiger partial charge in [0.05, 0.1) is 11.3 Å². The number of anilines is 1. The summed E-state index contributed by atoms with van der Waals surface area (Å²) in [5.74, 6) is -0.346. The SMILES string of the molecule is CCC(C)NC(=O)c1ccccc1NC(=O)c1cccc(CN2CCCC2=O)c1. The molecule has 0 aromatic heterocycles. The van der Waals surface area contributed by atoms with Crippen molar-refractivity contribution >= 4 is 23.4 Å². The van der Waals surface area contributed by atoms with Crippen molar-refractivity contribution in [3.63, 3.8) is 0 Å². The van der Waals surface area contributed by atoms with Crippen molar-refractivity contribution in [2.45, 2.75) is 45.7 Å². The standard InChI is InChI=1S/C23H27N3O3/c1-3-16(2)24-23(29)19-10-4-5-11-20(19)25-22(28)18-9-6-8-17(14-18)15-26-13-7-12-21(26)27/h4-6,8-11,14,16H,3,7,12-13,15H2,1-2H3,(H,24,29)(H,25,28). The molecule has 6 heteroatoms. The van der Waals surface area contributed by atoms with Crippen LogP contribution >= 0.6 is 0 Å². The summed E-state index contributed by atoms with van der Waals surface area (Å²) in [4.78, 5) is 39.0. The van der Waals surface area contributed by atoms with E-state index in [9.17, 15) is 14.4 Å². The van der Waals surface area contributed by atoms with Gasteiger partial charge in [0.1, 0.15) is 0 Å². The van der Waals surface area contributed by atoms with Gasteiger partial charge >= 0.3 is 0 Å². The van der Waals surface area contributed by atoms with E-state index >= 15 is 0 Å². The molecule has 0 saturated carbocycles. The lowest BCUT2D eigenvalue weighted by molar-refractivity contribution is -0.128. The summed E-state index contributed by atoms with van der Waals surface area (Å²) in [5.41, 5.74) is 2.31. The summed E-state index contributed by atoms with van der Waals surface area (Å²) in [6.07, 6.45) is 2.30. The van der Waals surface area contributed by atoms with Crippen LogP contribution in [0.3, 0.4) is 0 Å². The summed E-state index contributed by atoms with van der Waals surface area (Å²) >= 11 is 0. The number of carbonyl (C=O) groups is 3. The van der Waals surface area contributed by atoms with Crippen LogP contribution in [0.4, 0.5) is 5.69 Å². The van der Waals surface area contributed by atoms with Gasteiger partial charge in [-0.25, -0.2) is 0 Å². The summed E-state index contributed by atoms with van der Waals surface area (Å²) in [6.45, 7) is 5.21. The molecule has 1 unspecified atom stereocenters. The first-order chi connectivity index (χ1) is 14.0. The van der Waals surface area contributed by atoms with E-state index in [1.54, 1.807) is 36.4 Å². The molecule has 3 amide bonds. The van der Waals surface area contributed by atoms with E-state index in [1.165, 1.54) is 0 Å². The molecule has 1 atom stereocenters. The highest BCUT2D eigenvalue weighted by Crippen LogP contribution is 2.19. The number of hydrogen-bond donors (Lipinski definition) is 2. The molecule has 0 bridgehead atoms. The number of carbonyl (C=O) groups excluding carboxylic acids is 3. The van der Waals surface area contributed by atoms with Gasteiger partial charge in [-0.05, 0) is 49.6 Å². The second kappa shape index (κ2) is 9.37. The van der Waals surface area contributed by atoms with Crippen molar-refractivity contribution in [3.8, 4) is 0 Å². The number of amides is 3. The lowest BCUT2D eigenvalue weighted by atomic mass is 10.1. The maximum absolute atomic E-state index is 12.8. The second-order valence-electron chi connectivity index (χ2n) is 7.40. The summed E-state index contributed by atoms with van der Waals surface area (Å²) in [5, 5.41) is 5.77. The molecule has 152 valence electrons. The van der Waals surface area contributed by atoms with Crippen molar-refractivity contribution in [2.75, 3.05) is 11.9 Å². The Morgan fingerprint density at radius 3 is 2.62 bits per heavy atom. The van der Waals surface area contributed by atoms with Crippen molar-refractivity contribution in [1.82, 2.24) is 10.2 Å². The fraction of sp³-hybridized carbons (Fsp3) is 0.348. The van der Waals surface area contributed by atoms with Crippen LogP contribution in [0.2, 0.25) is 0 Å². The average molecular weight is 393 g/mol. The smallest absolute Gasteiger partial charge is 0.255 e. The zero-order valence-corrected chi connectivity index (χ0v) is 16.9. The van der Waals surface area contributed by atoms with Gasteiger partial charge in [0.25, 0.3) is 11.8 Å². The Morgan fingerprint density at radius 2 is 1.90 bits per heavy atom. The minimum absolute atomic E-state index is 0.0521. The van der Waals surface area contributed by atoms with Crippen LogP contribution in [0.1, 0.15) is 59.4 Å². The van der Waals surface area contributed by atoms with Gasteiger partial charge in [-0.2, -0.15) is 0 Å². The van der Waals surface area contributed by atoms with Gasteiger partial charge < -0.3 is 15.5 Å². The second-order valence-corrected chi connectivity index (χ2v) is 7.40. The number of likely N-dealkylation sites (tertiary alicyclic amines) is 1. The molecule has 0 radical (unpaired) electrons. The molecule has 1 aliphatic rings. The highest BCUT2D eigenvalue weighted by Gasteiger charge is 2.20. The third kappa shape index (κ3) is 5.22. The minimum Gasteiger partial charge on any atom is -0.350 e. The van der Waals surface area contributed by atoms with Crippen LogP contribution in [0.15, 0.2) is 48.5 Å². The third-order valence-electron chi connectivity index (χ3n) is 5.14. The Hall–Kier alpha value is -3.15. The number of para-hydroxylation sites is 1. The highest BCUT2D eigenvalue weighted by molar-refractivity contribution is 6.09. The van der Waals surface area contributed by atoms with E-state index in [4.69, 9.17) is 0 Å². The molecule has 29 heavy (non-hydrogen) atoms. The third-order valence-corrected chi connectivity index (χ3v) is 5.14. The van der Waals surface area contributed by atoms with Crippen LogP contribution in [0.5, 0.6) is 0 Å². The van der Waals surface area contributed by atoms with Gasteiger partial charge in [0.15, 0.2) is 0 Å². The summed E-state index contributed by atoms with van der Waals surface area (Å²) in [7, 11) is 0. The van der Waals surface area contributed by atoms with Crippen LogP contribution in [-0.4, -0.2) is 35.2 Å². The first-order valence-electron chi connectivity index (χ1n) is 10.1. The predicted molar refractivity (Wildman–Crippen MR) is 113 cm³/mol. The van der Waals surface area contributed by atoms with Gasteiger partial charge in [-0.1, -0.05) is 31.2 Å². The number of nitrogens with one attached hydrogen (secondary N) is 2. The van der Waals surface area contributed by atoms with E-state index in [-0.39, 0.29) is 23.8 Å². The van der Waals surface area contributed by atoms with Crippen molar-refractivity contribution in [1.29, 1.82) is 0 Å². The zero-order valence-electron chi connectivity index (χ0n) is 16.9. The van der Waals surface area contributed by atoms with Gasteiger partial charge in [-0.3, -0.25) is 14.4 Å². The molecule has 2 aromatic carbocycles. The maximum atomic E-state index is 12.8. The average Bonchev–Trinajstić information content (AvgIpc) is 3.12. The number of rotatable bonds is 7. The number of hydrogen-bond acceptors (Lipinski definition) is 3. The van der Waals surface area contributed by atoms with Crippen molar-refractivity contribution in [3.05, 3.63) is 65.2 Å². The largest absolute Gasteiger partial charge is 0.350 e. The summed E-state index contributed by atoms with van der Waals surface area (Å²) in [6, 6.07) is 14.3. The van der Waals surface area contributed by atoms with Crippen LogP contribution in [-0.2, 0) is 11.3 Å². The molecular weight excluding hydrogens is 366 g/mol. The minimum atomic E-state index is -0.289. The molecule has 3 rings (SSSR count). The van der Waals surface area contributed by atoms with E-state index in [1.807, 2.05) is 30.9 Å². The van der Waals surface area contributed by atoms with E-state index in [0.29, 0.717) is 29.8 Å². The fourth-order valence-electron chi connectivity index (χ4n) is 3.29. The van der Waals surface area contributed by atoms with Crippen molar-refractivity contribution < 1.29 is 14.4 Å². The zero-order chi connectivity index (χ0) is 20.8. The molecule has 6 nitrogen and oxygen atoms in total. The summed E-state index contributed by atoms with van der Waals surface area (Å²) < 4.78 is 0. The van der Waals surface area contributed by atoms with Crippen LogP contribution < -0.4 is 10.6 Å². The van der Waals surface area contributed by atoms with Crippen LogP contribution in [0, 0.1) is 0 Å². The van der Waals surface area contributed by atoms with Gasteiger partial charge in [0.2, 0.25) is 5.91 Å². The monoisotopic (exact) mass is 393 g/mol. The lowest BCUT2D eigenvalue weighted by Gasteiger charge is -2.16. The number of nitrogens with zero attached hydrogens (tertiary/aromatic N) is 1. The maximum Gasteiger partial charge on any atom is 0.255 e. The van der Waals surface area contributed by atoms with Crippen LogP contribution in [0.25, 0.3) is 0 Å². The lowest BCUT2D eigenvalue weighted by Crippen LogP contribution is -2.32. The van der Waals surface area contributed by atoms with Gasteiger partial charge in [-0.15, -0.1) is 0 Å². The molecule has 1 heterocycles. The molecule has 2 N–H and O–H groups in total. The Balaban J connectivity index is 1.73. The molecule has 1 aliphatic heterocycles. The number of benzene rings is 2. The first kappa shape index (κ1) is 20.6. The van der Waals surface area contributed by atoms with E-state index in [2.05, 4.69) is 10.6 Å². The van der Waals surface area contributed by atoms with Crippen molar-refractivity contribution in [2.24, 2.45) is 0 Å². The molecule has 2 aromatic rings. The highest BCUT2D eigenvalue weighted by atomic mass is 16.2. The Morgan fingerprint density at radius 1 is 1.10 bits per heavy atom. The quantitative estimate of drug-likeness (QED) is 0.755. The molecule has 0 aliphatic carbocycles. The molecule has 1 saturated heterocycles. The first-order valence-corrected chi connectivity index (χ1v) is 10.1. The Kier molecular flexibility index (Phi) is 6.65. The Labute approximate surface area is 171 Å². The molecular formula is C23H27N3O3. The molecule has 0 spiro atoms. The Bertz CT molecular complexity index is 910. The van der Waals surface area contributed by atoms with Gasteiger partial charge in [0, 0.05) is 31.1 Å². The molecule has 1 fully saturated rings. The van der Waals surface area contributed by atoms with E-state index < -0.39 is 0 Å². The normalized spacial score (nSPS) is 14.6. The van der Waals surface area contributed by atoms with E-state index in [0.717, 1.165) is 24.9 Å². The topological polar surface area (TPSA) is 78.5 Å². The fourth-order valence-corrected chi connectivity index (χ4v) is 3.29.